The Morgan fingerprint density at radius 1 is 0.972 bits per heavy atom. The third-order valence-corrected chi connectivity index (χ3v) is 5.89. The molecule has 0 bridgehead atoms. The average molecular weight is 538 g/mol. The Morgan fingerprint density at radius 3 is 2.06 bits per heavy atom. The standard InChI is InChI=1S/C20H32N3O12P/c1-4-22-13(18(27)28)7-8-16(24)23-14(19(29)30)6-5-9-34-36(33)35-11(2)12(17(25)26)10-15(21-3)20(31)32/h11-15,22H,3-10H2,1-2H3,(H4-,23,24,25,26,27,28,29,30,31,32)/p+1. The van der Waals surface area contributed by atoms with Crippen molar-refractivity contribution >= 4 is 44.8 Å². The summed E-state index contributed by atoms with van der Waals surface area (Å²) < 4.78 is 22.0. The van der Waals surface area contributed by atoms with E-state index in [1.807, 2.05) is 0 Å². The summed E-state index contributed by atoms with van der Waals surface area (Å²) in [6.45, 7) is 6.22. The van der Waals surface area contributed by atoms with Crippen LogP contribution in [0.5, 0.6) is 0 Å². The molecule has 0 aliphatic carbocycles. The summed E-state index contributed by atoms with van der Waals surface area (Å²) in [7, 11) is -2.81. The van der Waals surface area contributed by atoms with Crippen LogP contribution in [0.1, 0.15) is 46.0 Å². The van der Waals surface area contributed by atoms with E-state index in [9.17, 15) is 38.8 Å². The molecule has 0 aliphatic rings. The van der Waals surface area contributed by atoms with Crippen LogP contribution in [-0.2, 0) is 37.6 Å². The minimum absolute atomic E-state index is 0.0339. The molecular weight excluding hydrogens is 505 g/mol. The number of aliphatic carboxylic acids is 4. The van der Waals surface area contributed by atoms with Crippen LogP contribution in [-0.4, -0.2) is 94.3 Å². The molecule has 36 heavy (non-hydrogen) atoms. The number of carbonyl (C=O) groups is 5. The number of nitrogens with zero attached hydrogens (tertiary/aromatic N) is 1. The van der Waals surface area contributed by atoms with Crippen molar-refractivity contribution in [2.45, 2.75) is 70.2 Å². The van der Waals surface area contributed by atoms with Crippen molar-refractivity contribution in [3.05, 3.63) is 0 Å². The molecule has 6 atom stereocenters. The molecular formula is C20H33N3O12P+. The Labute approximate surface area is 208 Å². The van der Waals surface area contributed by atoms with Crippen LogP contribution >= 0.6 is 8.25 Å². The van der Waals surface area contributed by atoms with E-state index in [1.54, 1.807) is 6.92 Å². The third kappa shape index (κ3) is 13.2. The molecule has 1 amide bonds. The zero-order valence-corrected chi connectivity index (χ0v) is 20.9. The zero-order valence-electron chi connectivity index (χ0n) is 20.0. The van der Waals surface area contributed by atoms with E-state index < -0.39 is 74.6 Å². The van der Waals surface area contributed by atoms with E-state index in [4.69, 9.17) is 19.3 Å². The summed E-state index contributed by atoms with van der Waals surface area (Å²) in [5.41, 5.74) is 0. The maximum Gasteiger partial charge on any atom is 0.697 e. The lowest BCUT2D eigenvalue weighted by Crippen LogP contribution is -2.42. The second kappa shape index (κ2) is 17.4. The smallest absolute Gasteiger partial charge is 0.481 e. The van der Waals surface area contributed by atoms with E-state index in [-0.39, 0.29) is 32.3 Å². The molecule has 0 aromatic carbocycles. The number of likely N-dealkylation sites (N-methyl/N-ethyl adjacent to an activating group) is 1. The Kier molecular flexibility index (Phi) is 16.0. The number of aliphatic imine (C=N–C) groups is 1. The van der Waals surface area contributed by atoms with Crippen molar-refractivity contribution < 1.29 is 58.0 Å². The van der Waals surface area contributed by atoms with Gasteiger partial charge in [-0.1, -0.05) is 6.92 Å². The fourth-order valence-electron chi connectivity index (χ4n) is 3.01. The van der Waals surface area contributed by atoms with Crippen LogP contribution in [0.25, 0.3) is 0 Å². The molecule has 0 aliphatic heterocycles. The summed E-state index contributed by atoms with van der Waals surface area (Å²) in [6, 6.07) is -3.63. The number of nitrogens with one attached hydrogen (secondary N) is 2. The molecule has 0 aromatic heterocycles. The van der Waals surface area contributed by atoms with Crippen molar-refractivity contribution in [2.24, 2.45) is 10.9 Å². The second-order valence-electron chi connectivity index (χ2n) is 7.67. The van der Waals surface area contributed by atoms with E-state index >= 15 is 0 Å². The Bertz CT molecular complexity index is 809. The molecule has 0 aromatic rings. The first-order valence-electron chi connectivity index (χ1n) is 11.0. The molecule has 16 heteroatoms. The van der Waals surface area contributed by atoms with E-state index in [0.717, 1.165) is 0 Å². The van der Waals surface area contributed by atoms with Gasteiger partial charge in [0.05, 0.1) is 5.92 Å². The van der Waals surface area contributed by atoms with Crippen molar-refractivity contribution in [1.29, 1.82) is 0 Å². The minimum Gasteiger partial charge on any atom is -0.481 e. The van der Waals surface area contributed by atoms with Crippen molar-refractivity contribution in [3.63, 3.8) is 0 Å². The molecule has 0 radical (unpaired) electrons. The maximum atomic E-state index is 12.0. The molecule has 0 saturated carbocycles. The normalized spacial score (nSPS) is 15.6. The SMILES string of the molecule is C=NC(CC(C(=O)O)C(C)O[P+](=O)OCCCC(NC(=O)CCC(NCC)C(=O)O)C(=O)O)C(=O)O. The summed E-state index contributed by atoms with van der Waals surface area (Å²) in [4.78, 5) is 60.3. The lowest BCUT2D eigenvalue weighted by Gasteiger charge is -2.17. The predicted molar refractivity (Wildman–Crippen MR) is 124 cm³/mol. The lowest BCUT2D eigenvalue weighted by atomic mass is 9.95. The number of hydrogen-bond acceptors (Lipinski definition) is 10. The predicted octanol–water partition coefficient (Wildman–Crippen LogP) is 0.503. The Hall–Kier alpha value is -3.00. The summed E-state index contributed by atoms with van der Waals surface area (Å²) >= 11 is 0. The number of carboxylic acids is 4. The molecule has 6 unspecified atom stereocenters. The van der Waals surface area contributed by atoms with Gasteiger partial charge in [0.2, 0.25) is 5.91 Å². The monoisotopic (exact) mass is 538 g/mol. The number of rotatable bonds is 21. The molecule has 0 heterocycles. The first kappa shape index (κ1) is 33.0. The minimum atomic E-state index is -2.81. The first-order valence-corrected chi connectivity index (χ1v) is 12.1. The number of amides is 1. The van der Waals surface area contributed by atoms with Crippen LogP contribution < -0.4 is 10.6 Å². The highest BCUT2D eigenvalue weighted by molar-refractivity contribution is 7.33. The molecule has 0 rings (SSSR count). The van der Waals surface area contributed by atoms with Gasteiger partial charge in [-0.05, 0) is 45.9 Å². The van der Waals surface area contributed by atoms with Gasteiger partial charge in [-0.3, -0.25) is 19.4 Å². The number of carboxylic acid groups (broad SMARTS) is 4. The summed E-state index contributed by atoms with van der Waals surface area (Å²) in [5.74, 6) is -7.23. The highest BCUT2D eigenvalue weighted by Crippen LogP contribution is 2.30. The largest absolute Gasteiger partial charge is 0.697 e. The van der Waals surface area contributed by atoms with Crippen LogP contribution in [0.3, 0.4) is 0 Å². The Morgan fingerprint density at radius 2 is 1.58 bits per heavy atom. The molecule has 15 nitrogen and oxygen atoms in total. The molecule has 0 saturated heterocycles. The van der Waals surface area contributed by atoms with E-state index in [2.05, 4.69) is 22.3 Å². The zero-order chi connectivity index (χ0) is 27.8. The highest BCUT2D eigenvalue weighted by Gasteiger charge is 2.37. The Balaban J connectivity index is 4.62. The van der Waals surface area contributed by atoms with Gasteiger partial charge in [0.15, 0.2) is 0 Å². The van der Waals surface area contributed by atoms with Gasteiger partial charge in [0.25, 0.3) is 0 Å². The summed E-state index contributed by atoms with van der Waals surface area (Å²) in [6.07, 6.45) is -1.95. The number of hydrogen-bond donors (Lipinski definition) is 6. The van der Waals surface area contributed by atoms with Gasteiger partial charge in [-0.25, -0.2) is 9.59 Å². The van der Waals surface area contributed by atoms with Crippen molar-refractivity contribution in [2.75, 3.05) is 13.2 Å². The topological polar surface area (TPSA) is 238 Å². The fraction of sp³-hybridized carbons (Fsp3) is 0.700. The highest BCUT2D eigenvalue weighted by atomic mass is 31.1. The molecule has 204 valence electrons. The molecule has 0 fully saturated rings. The van der Waals surface area contributed by atoms with Gasteiger partial charge < -0.3 is 31.1 Å². The van der Waals surface area contributed by atoms with Crippen LogP contribution in [0.15, 0.2) is 4.99 Å². The lowest BCUT2D eigenvalue weighted by molar-refractivity contribution is -0.146. The average Bonchev–Trinajstić information content (AvgIpc) is 2.78. The van der Waals surface area contributed by atoms with Gasteiger partial charge in [-0.2, -0.15) is 0 Å². The van der Waals surface area contributed by atoms with Crippen molar-refractivity contribution in [1.82, 2.24) is 10.6 Å². The maximum absolute atomic E-state index is 12.0. The van der Waals surface area contributed by atoms with Gasteiger partial charge in [0.1, 0.15) is 30.8 Å². The molecule has 6 N–H and O–H groups in total. The van der Waals surface area contributed by atoms with E-state index in [1.165, 1.54) is 6.92 Å². The summed E-state index contributed by atoms with van der Waals surface area (Å²) in [5, 5.41) is 41.6. The first-order chi connectivity index (χ1) is 16.8. The third-order valence-electron chi connectivity index (χ3n) is 4.99. The van der Waals surface area contributed by atoms with Crippen LogP contribution in [0.2, 0.25) is 0 Å². The van der Waals surface area contributed by atoms with Crippen molar-refractivity contribution in [3.8, 4) is 0 Å². The fourth-order valence-corrected chi connectivity index (χ4v) is 3.77. The van der Waals surface area contributed by atoms with Gasteiger partial charge in [0, 0.05) is 11.0 Å². The quantitative estimate of drug-likeness (QED) is 0.0664. The van der Waals surface area contributed by atoms with Gasteiger partial charge >= 0.3 is 32.1 Å². The second-order valence-corrected chi connectivity index (χ2v) is 8.59. The van der Waals surface area contributed by atoms with Gasteiger partial charge in [-0.15, -0.1) is 9.05 Å². The van der Waals surface area contributed by atoms with Crippen LogP contribution in [0, 0.1) is 5.92 Å². The number of carbonyl (C=O) groups excluding carboxylic acids is 1. The molecule has 0 spiro atoms. The van der Waals surface area contributed by atoms with E-state index in [0.29, 0.717) is 6.54 Å². The van der Waals surface area contributed by atoms with Crippen LogP contribution in [0.4, 0.5) is 0 Å².